The summed E-state index contributed by atoms with van der Waals surface area (Å²) in [6.45, 7) is 3.38. The van der Waals surface area contributed by atoms with Crippen molar-refractivity contribution in [3.05, 3.63) is 39.6 Å². The van der Waals surface area contributed by atoms with E-state index in [1.54, 1.807) is 6.33 Å². The molecule has 0 saturated heterocycles. The molecule has 5 heteroatoms. The zero-order valence-corrected chi connectivity index (χ0v) is 10.4. The maximum absolute atomic E-state index is 12.3. The van der Waals surface area contributed by atoms with Gasteiger partial charge in [-0.25, -0.2) is 4.98 Å². The van der Waals surface area contributed by atoms with Gasteiger partial charge in [0.1, 0.15) is 0 Å². The smallest absolute Gasteiger partial charge is 0.264 e. The van der Waals surface area contributed by atoms with Crippen molar-refractivity contribution in [2.45, 2.75) is 19.9 Å². The molecule has 17 heavy (non-hydrogen) atoms. The molecule has 1 aliphatic heterocycles. The molecule has 0 aliphatic carbocycles. The molecule has 0 spiro atoms. The van der Waals surface area contributed by atoms with E-state index in [1.165, 1.54) is 11.3 Å². The molecule has 3 rings (SSSR count). The highest BCUT2D eigenvalue weighted by Gasteiger charge is 2.24. The molecule has 2 aromatic rings. The number of fused-ring (bicyclic) bond motifs is 1. The van der Waals surface area contributed by atoms with Crippen LogP contribution in [0, 0.1) is 6.92 Å². The Kier molecular flexibility index (Phi) is 2.48. The maximum atomic E-state index is 12.3. The monoisotopic (exact) mass is 247 g/mol. The Hall–Kier alpha value is -1.62. The molecule has 88 valence electrons. The molecule has 0 fully saturated rings. The predicted molar refractivity (Wildman–Crippen MR) is 66.1 cm³/mol. The molecule has 4 nitrogen and oxygen atoms in total. The van der Waals surface area contributed by atoms with Gasteiger partial charge in [-0.3, -0.25) is 4.79 Å². The number of rotatable bonds is 1. The Morgan fingerprint density at radius 3 is 3.24 bits per heavy atom. The van der Waals surface area contributed by atoms with Gasteiger partial charge in [0.2, 0.25) is 0 Å². The van der Waals surface area contributed by atoms with Gasteiger partial charge in [0.15, 0.2) is 0 Å². The van der Waals surface area contributed by atoms with E-state index < -0.39 is 0 Å². The molecular weight excluding hydrogens is 234 g/mol. The quantitative estimate of drug-likeness (QED) is 0.837. The summed E-state index contributed by atoms with van der Waals surface area (Å²) in [5.74, 6) is 0.137. The average molecular weight is 247 g/mol. The molecule has 0 saturated carbocycles. The fraction of sp³-hybridized carbons (Fsp3) is 0.333. The topological polar surface area (TPSA) is 49.0 Å². The third kappa shape index (κ3) is 1.76. The summed E-state index contributed by atoms with van der Waals surface area (Å²) in [7, 11) is 0. The van der Waals surface area contributed by atoms with Gasteiger partial charge >= 0.3 is 0 Å². The van der Waals surface area contributed by atoms with Crippen LogP contribution >= 0.6 is 11.3 Å². The number of carbonyl (C=O) groups excluding carboxylic acids is 1. The number of hydrogen-bond acceptors (Lipinski definition) is 3. The van der Waals surface area contributed by atoms with Crippen molar-refractivity contribution >= 4 is 17.2 Å². The van der Waals surface area contributed by atoms with E-state index in [1.807, 2.05) is 23.3 Å². The van der Waals surface area contributed by atoms with Gasteiger partial charge < -0.3 is 9.88 Å². The van der Waals surface area contributed by atoms with Gasteiger partial charge in [-0.2, -0.15) is 0 Å². The van der Waals surface area contributed by atoms with E-state index in [4.69, 9.17) is 0 Å². The molecule has 3 heterocycles. The van der Waals surface area contributed by atoms with Gasteiger partial charge in [0, 0.05) is 13.0 Å². The molecule has 1 amide bonds. The average Bonchev–Trinajstić information content (AvgIpc) is 2.95. The fourth-order valence-electron chi connectivity index (χ4n) is 2.12. The molecule has 0 atom stereocenters. The Bertz CT molecular complexity index is 558. The third-order valence-electron chi connectivity index (χ3n) is 3.12. The van der Waals surface area contributed by atoms with Crippen LogP contribution in [-0.4, -0.2) is 27.3 Å². The molecule has 0 aromatic carbocycles. The number of thiophene rings is 1. The number of nitrogens with zero attached hydrogens (tertiary/aromatic N) is 2. The van der Waals surface area contributed by atoms with Crippen molar-refractivity contribution in [2.24, 2.45) is 0 Å². The highest BCUT2D eigenvalue weighted by atomic mass is 32.1. The van der Waals surface area contributed by atoms with Gasteiger partial charge in [0.05, 0.1) is 29.1 Å². The first-order chi connectivity index (χ1) is 8.25. The number of aryl methyl sites for hydroxylation is 1. The summed E-state index contributed by atoms with van der Waals surface area (Å²) < 4.78 is 0. The number of aromatic amines is 1. The Morgan fingerprint density at radius 2 is 2.47 bits per heavy atom. The number of hydrogen-bond donors (Lipinski definition) is 1. The lowest BCUT2D eigenvalue weighted by atomic mass is 10.1. The van der Waals surface area contributed by atoms with E-state index in [0.29, 0.717) is 6.54 Å². The van der Waals surface area contributed by atoms with E-state index >= 15 is 0 Å². The summed E-state index contributed by atoms with van der Waals surface area (Å²) in [5.41, 5.74) is 3.23. The first kappa shape index (κ1) is 10.5. The second-order valence-corrected chi connectivity index (χ2v) is 5.15. The van der Waals surface area contributed by atoms with Gasteiger partial charge in [-0.1, -0.05) is 0 Å². The normalized spacial score (nSPS) is 14.8. The first-order valence-corrected chi connectivity index (χ1v) is 6.48. The van der Waals surface area contributed by atoms with Crippen LogP contribution in [0.15, 0.2) is 17.8 Å². The Labute approximate surface area is 103 Å². The lowest BCUT2D eigenvalue weighted by molar-refractivity contribution is 0.0736. The summed E-state index contributed by atoms with van der Waals surface area (Å²) >= 11 is 1.52. The number of carbonyl (C=O) groups is 1. The number of amides is 1. The summed E-state index contributed by atoms with van der Waals surface area (Å²) in [6, 6.07) is 1.99. The lowest BCUT2D eigenvalue weighted by Crippen LogP contribution is -2.35. The highest BCUT2D eigenvalue weighted by molar-refractivity contribution is 7.12. The van der Waals surface area contributed by atoms with E-state index in [2.05, 4.69) is 9.97 Å². The number of imidazole rings is 1. The van der Waals surface area contributed by atoms with Crippen LogP contribution in [0.5, 0.6) is 0 Å². The largest absolute Gasteiger partial charge is 0.347 e. The molecule has 1 aliphatic rings. The second-order valence-electron chi connectivity index (χ2n) is 4.24. The van der Waals surface area contributed by atoms with Crippen LogP contribution in [0.25, 0.3) is 0 Å². The second kappa shape index (κ2) is 4.00. The molecule has 1 N–H and O–H groups in total. The Balaban J connectivity index is 1.84. The minimum Gasteiger partial charge on any atom is -0.347 e. The molecule has 0 bridgehead atoms. The summed E-state index contributed by atoms with van der Waals surface area (Å²) in [5, 5.41) is 1.97. The minimum absolute atomic E-state index is 0.137. The standard InChI is InChI=1S/C12H13N3OS/c1-8-3-5-17-11(8)12(16)15-4-2-9-10(6-15)14-7-13-9/h3,5,7H,2,4,6H2,1H3,(H,13,14). The van der Waals surface area contributed by atoms with E-state index in [-0.39, 0.29) is 5.91 Å². The lowest BCUT2D eigenvalue weighted by Gasteiger charge is -2.26. The predicted octanol–water partition coefficient (Wildman–Crippen LogP) is 1.98. The van der Waals surface area contributed by atoms with Gasteiger partial charge in [-0.15, -0.1) is 11.3 Å². The minimum atomic E-state index is 0.137. The Morgan fingerprint density at radius 1 is 1.59 bits per heavy atom. The highest BCUT2D eigenvalue weighted by Crippen LogP contribution is 2.22. The van der Waals surface area contributed by atoms with Crippen molar-refractivity contribution < 1.29 is 4.79 Å². The van der Waals surface area contributed by atoms with E-state index in [9.17, 15) is 4.79 Å². The van der Waals surface area contributed by atoms with Crippen molar-refractivity contribution in [1.82, 2.24) is 14.9 Å². The maximum Gasteiger partial charge on any atom is 0.264 e. The van der Waals surface area contributed by atoms with Crippen LogP contribution in [0.4, 0.5) is 0 Å². The summed E-state index contributed by atoms with van der Waals surface area (Å²) in [4.78, 5) is 22.4. The first-order valence-electron chi connectivity index (χ1n) is 5.60. The fourth-order valence-corrected chi connectivity index (χ4v) is 3.01. The third-order valence-corrected chi connectivity index (χ3v) is 4.12. The van der Waals surface area contributed by atoms with Gasteiger partial charge in [0.25, 0.3) is 5.91 Å². The zero-order valence-electron chi connectivity index (χ0n) is 9.56. The SMILES string of the molecule is Cc1ccsc1C(=O)N1CCc2nc[nH]c2C1. The molecule has 2 aromatic heterocycles. The van der Waals surface area contributed by atoms with Crippen LogP contribution in [0.2, 0.25) is 0 Å². The van der Waals surface area contributed by atoms with Gasteiger partial charge in [-0.05, 0) is 23.9 Å². The van der Waals surface area contributed by atoms with Crippen LogP contribution < -0.4 is 0 Å². The number of H-pyrrole nitrogens is 1. The van der Waals surface area contributed by atoms with Crippen molar-refractivity contribution in [2.75, 3.05) is 6.54 Å². The van der Waals surface area contributed by atoms with Crippen LogP contribution in [0.1, 0.15) is 26.6 Å². The van der Waals surface area contributed by atoms with Crippen molar-refractivity contribution in [3.63, 3.8) is 0 Å². The molecular formula is C12H13N3OS. The molecule has 0 radical (unpaired) electrons. The summed E-state index contributed by atoms with van der Waals surface area (Å²) in [6.07, 6.45) is 2.55. The molecule has 0 unspecified atom stereocenters. The van der Waals surface area contributed by atoms with E-state index in [0.717, 1.165) is 34.8 Å². The van der Waals surface area contributed by atoms with Crippen molar-refractivity contribution in [1.29, 1.82) is 0 Å². The van der Waals surface area contributed by atoms with Crippen LogP contribution in [-0.2, 0) is 13.0 Å². The number of aromatic nitrogens is 2. The zero-order chi connectivity index (χ0) is 11.8. The van der Waals surface area contributed by atoms with Crippen molar-refractivity contribution in [3.8, 4) is 0 Å². The van der Waals surface area contributed by atoms with Crippen LogP contribution in [0.3, 0.4) is 0 Å². The number of nitrogens with one attached hydrogen (secondary N) is 1.